The lowest BCUT2D eigenvalue weighted by Gasteiger charge is -2.30. The van der Waals surface area contributed by atoms with Gasteiger partial charge in [0.1, 0.15) is 0 Å². The van der Waals surface area contributed by atoms with Gasteiger partial charge in [-0.25, -0.2) is 5.01 Å². The number of fused-ring (bicyclic) bond motifs is 1. The van der Waals surface area contributed by atoms with Crippen LogP contribution in [0.25, 0.3) is 0 Å². The van der Waals surface area contributed by atoms with Gasteiger partial charge in [-0.05, 0) is 111 Å². The predicted octanol–water partition coefficient (Wildman–Crippen LogP) is 9.82. The molecular weight excluding hydrogens is 486 g/mol. The average Bonchev–Trinajstić information content (AvgIpc) is 3.00. The third-order valence-electron chi connectivity index (χ3n) is 7.66. The fourth-order valence-corrected chi connectivity index (χ4v) is 5.46. The number of nitrogens with zero attached hydrogens (tertiary/aromatic N) is 3. The van der Waals surface area contributed by atoms with Crippen molar-refractivity contribution in [3.8, 4) is 0 Å². The summed E-state index contributed by atoms with van der Waals surface area (Å²) in [4.78, 5) is 2.40. The summed E-state index contributed by atoms with van der Waals surface area (Å²) in [5.41, 5.74) is 12.2. The van der Waals surface area contributed by atoms with E-state index in [4.69, 9.17) is 5.10 Å². The molecule has 0 aliphatic heterocycles. The number of hydrogen-bond acceptors (Lipinski definition) is 3. The summed E-state index contributed by atoms with van der Waals surface area (Å²) in [6.07, 6.45) is 6.77. The highest BCUT2D eigenvalue weighted by atomic mass is 15.5. The van der Waals surface area contributed by atoms with Gasteiger partial charge in [0.05, 0.1) is 17.6 Å². The second-order valence-electron chi connectivity index (χ2n) is 10.6. The van der Waals surface area contributed by atoms with Crippen LogP contribution in [0.15, 0.2) is 126 Å². The van der Waals surface area contributed by atoms with E-state index in [0.717, 1.165) is 29.0 Å². The second-order valence-corrected chi connectivity index (χ2v) is 10.6. The van der Waals surface area contributed by atoms with E-state index in [1.165, 1.54) is 52.9 Å². The molecule has 1 aliphatic rings. The average molecular weight is 522 g/mol. The van der Waals surface area contributed by atoms with Crippen molar-refractivity contribution < 1.29 is 0 Å². The first-order valence-electron chi connectivity index (χ1n) is 14.2. The maximum atomic E-state index is 4.94. The first-order chi connectivity index (χ1) is 19.7. The first kappa shape index (κ1) is 25.6. The fraction of sp³-hybridized carbons (Fsp3) is 0.162. The molecule has 0 amide bonds. The van der Waals surface area contributed by atoms with E-state index in [1.54, 1.807) is 0 Å². The Bertz CT molecular complexity index is 1540. The Morgan fingerprint density at radius 1 is 0.550 bits per heavy atom. The zero-order valence-electron chi connectivity index (χ0n) is 23.3. The molecule has 0 fully saturated rings. The van der Waals surface area contributed by atoms with Crippen LogP contribution < -0.4 is 9.91 Å². The van der Waals surface area contributed by atoms with Gasteiger partial charge in [-0.3, -0.25) is 0 Å². The number of anilines is 5. The van der Waals surface area contributed by atoms with Crippen molar-refractivity contribution >= 4 is 34.7 Å². The van der Waals surface area contributed by atoms with Gasteiger partial charge in [-0.15, -0.1) is 0 Å². The van der Waals surface area contributed by atoms with Gasteiger partial charge in [-0.1, -0.05) is 77.9 Å². The van der Waals surface area contributed by atoms with Gasteiger partial charge in [0.25, 0.3) is 0 Å². The molecule has 0 bridgehead atoms. The molecule has 5 aromatic rings. The predicted molar refractivity (Wildman–Crippen MR) is 170 cm³/mol. The molecule has 0 saturated carbocycles. The van der Waals surface area contributed by atoms with Gasteiger partial charge in [0.2, 0.25) is 0 Å². The summed E-state index contributed by atoms with van der Waals surface area (Å²) < 4.78 is 0. The smallest absolute Gasteiger partial charge is 0.0652 e. The number of para-hydroxylation sites is 1. The minimum absolute atomic E-state index is 1.03. The number of hydrazone groups is 1. The van der Waals surface area contributed by atoms with E-state index in [1.807, 2.05) is 11.2 Å². The summed E-state index contributed by atoms with van der Waals surface area (Å²) in [7, 11) is 0. The number of rotatable bonds is 7. The van der Waals surface area contributed by atoms with Crippen LogP contribution >= 0.6 is 0 Å². The standard InChI is InChI=1S/C37H35N3/c1-28-15-21-34(22-16-28)40(35-23-17-29(2)18-24-35)38-27-30-19-25-33(26-20-30)39(32-11-4-3-5-12-32)37-14-8-10-31-9-6-7-13-36(31)37/h3-5,8,10-12,14-27H,6-7,9,13H2,1-2H3/b38-27+. The van der Waals surface area contributed by atoms with E-state index >= 15 is 0 Å². The van der Waals surface area contributed by atoms with E-state index in [0.29, 0.717) is 0 Å². The summed E-state index contributed by atoms with van der Waals surface area (Å²) in [6.45, 7) is 4.21. The minimum atomic E-state index is 1.03. The van der Waals surface area contributed by atoms with Crippen LogP contribution in [0.1, 0.15) is 40.7 Å². The summed E-state index contributed by atoms with van der Waals surface area (Å²) in [5.74, 6) is 0. The zero-order valence-corrected chi connectivity index (χ0v) is 23.3. The molecule has 0 saturated heterocycles. The van der Waals surface area contributed by atoms with Crippen molar-refractivity contribution in [2.75, 3.05) is 9.91 Å². The molecule has 40 heavy (non-hydrogen) atoms. The van der Waals surface area contributed by atoms with Crippen molar-refractivity contribution in [1.29, 1.82) is 0 Å². The highest BCUT2D eigenvalue weighted by Crippen LogP contribution is 2.39. The molecule has 5 aromatic carbocycles. The highest BCUT2D eigenvalue weighted by Gasteiger charge is 2.20. The molecule has 3 heteroatoms. The topological polar surface area (TPSA) is 18.8 Å². The van der Waals surface area contributed by atoms with Crippen molar-refractivity contribution in [3.63, 3.8) is 0 Å². The maximum Gasteiger partial charge on any atom is 0.0652 e. The van der Waals surface area contributed by atoms with Crippen molar-refractivity contribution in [2.24, 2.45) is 5.10 Å². The molecule has 0 heterocycles. The van der Waals surface area contributed by atoms with E-state index in [-0.39, 0.29) is 0 Å². The summed E-state index contributed by atoms with van der Waals surface area (Å²) >= 11 is 0. The Balaban J connectivity index is 1.34. The molecular formula is C37H35N3. The molecule has 0 radical (unpaired) electrons. The highest BCUT2D eigenvalue weighted by molar-refractivity contribution is 5.85. The van der Waals surface area contributed by atoms with Gasteiger partial charge < -0.3 is 4.90 Å². The molecule has 1 aliphatic carbocycles. The lowest BCUT2D eigenvalue weighted by molar-refractivity contribution is 0.686. The maximum absolute atomic E-state index is 4.94. The Labute approximate surface area is 238 Å². The van der Waals surface area contributed by atoms with Crippen molar-refractivity contribution in [2.45, 2.75) is 39.5 Å². The number of benzene rings is 5. The third kappa shape index (κ3) is 5.55. The summed E-state index contributed by atoms with van der Waals surface area (Å²) in [5, 5.41) is 6.94. The molecule has 198 valence electrons. The zero-order chi connectivity index (χ0) is 27.3. The second kappa shape index (κ2) is 11.6. The lowest BCUT2D eigenvalue weighted by atomic mass is 9.90. The van der Waals surface area contributed by atoms with Crippen LogP contribution in [0.3, 0.4) is 0 Å². The number of hydrogen-bond donors (Lipinski definition) is 0. The molecule has 0 spiro atoms. The lowest BCUT2D eigenvalue weighted by Crippen LogP contribution is -2.15. The Morgan fingerprint density at radius 2 is 1.12 bits per heavy atom. The normalized spacial score (nSPS) is 12.8. The quantitative estimate of drug-likeness (QED) is 0.157. The van der Waals surface area contributed by atoms with Crippen LogP contribution in [0.2, 0.25) is 0 Å². The van der Waals surface area contributed by atoms with Gasteiger partial charge in [-0.2, -0.15) is 5.10 Å². The van der Waals surface area contributed by atoms with E-state index in [9.17, 15) is 0 Å². The van der Waals surface area contributed by atoms with Crippen LogP contribution in [0.4, 0.5) is 28.4 Å². The molecule has 3 nitrogen and oxygen atoms in total. The van der Waals surface area contributed by atoms with Crippen LogP contribution in [-0.2, 0) is 12.8 Å². The molecule has 6 rings (SSSR count). The molecule has 0 aromatic heterocycles. The van der Waals surface area contributed by atoms with E-state index < -0.39 is 0 Å². The molecule has 0 unspecified atom stereocenters. The van der Waals surface area contributed by atoms with Crippen molar-refractivity contribution in [3.05, 3.63) is 149 Å². The Kier molecular flexibility index (Phi) is 7.45. The van der Waals surface area contributed by atoms with Gasteiger partial charge in [0.15, 0.2) is 0 Å². The fourth-order valence-electron chi connectivity index (χ4n) is 5.46. The SMILES string of the molecule is Cc1ccc(N(/N=C/c2ccc(N(c3ccccc3)c3cccc4c3CCCC4)cc2)c2ccc(C)cc2)cc1. The Hall–Kier alpha value is -4.63. The van der Waals surface area contributed by atoms with Crippen LogP contribution in [0, 0.1) is 13.8 Å². The van der Waals surface area contributed by atoms with Crippen LogP contribution in [0.5, 0.6) is 0 Å². The molecule has 0 N–H and O–H groups in total. The largest absolute Gasteiger partial charge is 0.310 e. The van der Waals surface area contributed by atoms with E-state index in [2.05, 4.69) is 140 Å². The summed E-state index contributed by atoms with van der Waals surface area (Å²) in [6, 6.07) is 43.2. The van der Waals surface area contributed by atoms with Gasteiger partial charge in [0, 0.05) is 17.1 Å². The van der Waals surface area contributed by atoms with Crippen molar-refractivity contribution in [1.82, 2.24) is 0 Å². The number of aryl methyl sites for hydroxylation is 3. The van der Waals surface area contributed by atoms with Gasteiger partial charge >= 0.3 is 0 Å². The minimum Gasteiger partial charge on any atom is -0.310 e. The molecule has 0 atom stereocenters. The van der Waals surface area contributed by atoms with Crippen LogP contribution in [-0.4, -0.2) is 6.21 Å². The first-order valence-corrected chi connectivity index (χ1v) is 14.2. The Morgan fingerprint density at radius 3 is 1.77 bits per heavy atom. The monoisotopic (exact) mass is 521 g/mol. The third-order valence-corrected chi connectivity index (χ3v) is 7.66.